The van der Waals surface area contributed by atoms with Crippen LogP contribution >= 0.6 is 0 Å². The molecule has 1 aliphatic carbocycles. The van der Waals surface area contributed by atoms with Crippen LogP contribution in [0.5, 0.6) is 0 Å². The molecule has 2 heteroatoms. The van der Waals surface area contributed by atoms with Crippen molar-refractivity contribution in [3.63, 3.8) is 0 Å². The molecule has 2 rings (SSSR count). The summed E-state index contributed by atoms with van der Waals surface area (Å²) in [6.07, 6.45) is 3.02. The standard InChI is InChI=1S/C16H23NO/c1-12(2)10-16(18)17(15-8-9-15)11-14-6-4-13(3)5-7-14/h4-7,12,15H,8-11H2,1-3H3. The highest BCUT2D eigenvalue weighted by atomic mass is 16.2. The van der Waals surface area contributed by atoms with E-state index >= 15 is 0 Å². The van der Waals surface area contributed by atoms with Crippen molar-refractivity contribution in [1.82, 2.24) is 4.90 Å². The molecule has 0 N–H and O–H groups in total. The van der Waals surface area contributed by atoms with Gasteiger partial charge in [0.05, 0.1) is 0 Å². The Kier molecular flexibility index (Phi) is 4.05. The summed E-state index contributed by atoms with van der Waals surface area (Å²) in [6.45, 7) is 7.08. The largest absolute Gasteiger partial charge is 0.335 e. The normalized spacial score (nSPS) is 14.9. The molecule has 0 unspecified atom stereocenters. The quantitative estimate of drug-likeness (QED) is 0.777. The predicted molar refractivity (Wildman–Crippen MR) is 74.2 cm³/mol. The van der Waals surface area contributed by atoms with Gasteiger partial charge in [0.2, 0.25) is 5.91 Å². The molecule has 2 nitrogen and oxygen atoms in total. The van der Waals surface area contributed by atoms with Gasteiger partial charge in [-0.2, -0.15) is 0 Å². The van der Waals surface area contributed by atoms with Gasteiger partial charge in [0.1, 0.15) is 0 Å². The van der Waals surface area contributed by atoms with E-state index in [0.29, 0.717) is 24.3 Å². The molecule has 0 atom stereocenters. The monoisotopic (exact) mass is 245 g/mol. The fourth-order valence-electron chi connectivity index (χ4n) is 2.16. The summed E-state index contributed by atoms with van der Waals surface area (Å²) in [6, 6.07) is 9.00. The molecule has 98 valence electrons. The number of amides is 1. The van der Waals surface area contributed by atoms with Gasteiger partial charge in [-0.25, -0.2) is 0 Å². The number of nitrogens with zero attached hydrogens (tertiary/aromatic N) is 1. The van der Waals surface area contributed by atoms with Crippen molar-refractivity contribution >= 4 is 5.91 Å². The minimum Gasteiger partial charge on any atom is -0.335 e. The van der Waals surface area contributed by atoms with Crippen molar-refractivity contribution in [2.75, 3.05) is 0 Å². The molecule has 1 aromatic rings. The summed E-state index contributed by atoms with van der Waals surface area (Å²) in [7, 11) is 0. The Morgan fingerprint density at radius 3 is 2.39 bits per heavy atom. The SMILES string of the molecule is Cc1ccc(CN(C(=O)CC(C)C)C2CC2)cc1. The molecule has 1 aromatic carbocycles. The van der Waals surface area contributed by atoms with Gasteiger partial charge in [0.15, 0.2) is 0 Å². The van der Waals surface area contributed by atoms with Crippen molar-refractivity contribution in [1.29, 1.82) is 0 Å². The molecule has 0 aromatic heterocycles. The zero-order valence-electron chi connectivity index (χ0n) is 11.6. The first-order valence-electron chi connectivity index (χ1n) is 6.91. The van der Waals surface area contributed by atoms with Crippen LogP contribution in [0.3, 0.4) is 0 Å². The van der Waals surface area contributed by atoms with Gasteiger partial charge in [-0.05, 0) is 31.2 Å². The summed E-state index contributed by atoms with van der Waals surface area (Å²) in [4.78, 5) is 14.3. The van der Waals surface area contributed by atoms with E-state index in [1.165, 1.54) is 24.0 Å². The van der Waals surface area contributed by atoms with Gasteiger partial charge < -0.3 is 4.90 Å². The van der Waals surface area contributed by atoms with E-state index in [1.807, 2.05) is 0 Å². The highest BCUT2D eigenvalue weighted by Crippen LogP contribution is 2.29. The molecule has 1 fully saturated rings. The third-order valence-electron chi connectivity index (χ3n) is 3.36. The number of rotatable bonds is 5. The maximum absolute atomic E-state index is 12.2. The first-order valence-corrected chi connectivity index (χ1v) is 6.91. The van der Waals surface area contributed by atoms with E-state index in [2.05, 4.69) is 49.9 Å². The Hall–Kier alpha value is -1.31. The molecule has 1 amide bonds. The van der Waals surface area contributed by atoms with Crippen molar-refractivity contribution in [3.05, 3.63) is 35.4 Å². The topological polar surface area (TPSA) is 20.3 Å². The van der Waals surface area contributed by atoms with E-state index in [4.69, 9.17) is 0 Å². The zero-order valence-corrected chi connectivity index (χ0v) is 11.6. The van der Waals surface area contributed by atoms with Gasteiger partial charge in [-0.3, -0.25) is 4.79 Å². The third kappa shape index (κ3) is 3.59. The molecular formula is C16H23NO. The van der Waals surface area contributed by atoms with Crippen LogP contribution in [-0.4, -0.2) is 16.8 Å². The van der Waals surface area contributed by atoms with E-state index in [1.54, 1.807) is 0 Å². The van der Waals surface area contributed by atoms with Gasteiger partial charge >= 0.3 is 0 Å². The molecule has 0 spiro atoms. The Balaban J connectivity index is 2.02. The second-order valence-electron chi connectivity index (χ2n) is 5.84. The highest BCUT2D eigenvalue weighted by molar-refractivity contribution is 5.77. The zero-order chi connectivity index (χ0) is 13.1. The van der Waals surface area contributed by atoms with Gasteiger partial charge in [0, 0.05) is 19.0 Å². The Bertz CT molecular complexity index is 404. The summed E-state index contributed by atoms with van der Waals surface area (Å²) in [5, 5.41) is 0. The fraction of sp³-hybridized carbons (Fsp3) is 0.562. The average molecular weight is 245 g/mol. The molecule has 0 heterocycles. The van der Waals surface area contributed by atoms with Crippen LogP contribution in [0.25, 0.3) is 0 Å². The summed E-state index contributed by atoms with van der Waals surface area (Å²) in [5.74, 6) is 0.754. The number of aryl methyl sites for hydroxylation is 1. The average Bonchev–Trinajstić information content (AvgIpc) is 3.11. The Labute approximate surface area is 110 Å². The maximum atomic E-state index is 12.2. The van der Waals surface area contributed by atoms with Crippen molar-refractivity contribution in [2.45, 2.75) is 52.6 Å². The third-order valence-corrected chi connectivity index (χ3v) is 3.36. The summed E-state index contributed by atoms with van der Waals surface area (Å²) >= 11 is 0. The molecule has 18 heavy (non-hydrogen) atoms. The number of carbonyl (C=O) groups is 1. The lowest BCUT2D eigenvalue weighted by Crippen LogP contribution is -2.33. The van der Waals surface area contributed by atoms with Gasteiger partial charge in [0.25, 0.3) is 0 Å². The first kappa shape index (κ1) is 13.1. The molecule has 0 bridgehead atoms. The minimum absolute atomic E-state index is 0.313. The van der Waals surface area contributed by atoms with Gasteiger partial charge in [-0.15, -0.1) is 0 Å². The number of hydrogen-bond acceptors (Lipinski definition) is 1. The number of carbonyl (C=O) groups excluding carboxylic acids is 1. The van der Waals surface area contributed by atoms with Crippen molar-refractivity contribution in [3.8, 4) is 0 Å². The molecule has 1 saturated carbocycles. The molecule has 0 saturated heterocycles. The van der Waals surface area contributed by atoms with Crippen molar-refractivity contribution < 1.29 is 4.79 Å². The summed E-state index contributed by atoms with van der Waals surface area (Å²) in [5.41, 5.74) is 2.51. The van der Waals surface area contributed by atoms with Gasteiger partial charge in [-0.1, -0.05) is 43.7 Å². The predicted octanol–water partition coefficient (Wildman–Crippen LogP) is 3.53. The lowest BCUT2D eigenvalue weighted by molar-refractivity contribution is -0.133. The molecular weight excluding hydrogens is 222 g/mol. The van der Waals surface area contributed by atoms with Crippen LogP contribution in [0.15, 0.2) is 24.3 Å². The van der Waals surface area contributed by atoms with Crippen LogP contribution in [0, 0.1) is 12.8 Å². The lowest BCUT2D eigenvalue weighted by Gasteiger charge is -2.23. The number of benzene rings is 1. The van der Waals surface area contributed by atoms with Crippen LogP contribution in [0.4, 0.5) is 0 Å². The van der Waals surface area contributed by atoms with E-state index in [9.17, 15) is 4.79 Å². The smallest absolute Gasteiger partial charge is 0.223 e. The van der Waals surface area contributed by atoms with E-state index in [-0.39, 0.29) is 0 Å². The van der Waals surface area contributed by atoms with Crippen LogP contribution in [-0.2, 0) is 11.3 Å². The Morgan fingerprint density at radius 2 is 1.89 bits per heavy atom. The molecule has 0 aliphatic heterocycles. The van der Waals surface area contributed by atoms with E-state index < -0.39 is 0 Å². The van der Waals surface area contributed by atoms with Crippen molar-refractivity contribution in [2.24, 2.45) is 5.92 Å². The Morgan fingerprint density at radius 1 is 1.28 bits per heavy atom. The molecule has 0 radical (unpaired) electrons. The van der Waals surface area contributed by atoms with E-state index in [0.717, 1.165) is 6.54 Å². The van der Waals surface area contributed by atoms with Crippen LogP contribution in [0.1, 0.15) is 44.2 Å². The second-order valence-corrected chi connectivity index (χ2v) is 5.84. The molecule has 1 aliphatic rings. The van der Waals surface area contributed by atoms with Crippen LogP contribution < -0.4 is 0 Å². The lowest BCUT2D eigenvalue weighted by atomic mass is 10.1. The highest BCUT2D eigenvalue weighted by Gasteiger charge is 2.32. The number of hydrogen-bond donors (Lipinski definition) is 0. The summed E-state index contributed by atoms with van der Waals surface area (Å²) < 4.78 is 0. The fourth-order valence-corrected chi connectivity index (χ4v) is 2.16. The second kappa shape index (κ2) is 5.55. The first-order chi connectivity index (χ1) is 8.56. The minimum atomic E-state index is 0.313. The maximum Gasteiger partial charge on any atom is 0.223 e. The van der Waals surface area contributed by atoms with Crippen LogP contribution in [0.2, 0.25) is 0 Å².